The predicted molar refractivity (Wildman–Crippen MR) is 52.4 cm³/mol. The summed E-state index contributed by atoms with van der Waals surface area (Å²) in [6.45, 7) is 8.56. The van der Waals surface area contributed by atoms with Gasteiger partial charge in [0.2, 0.25) is 0 Å². The Hall–Kier alpha value is -0.850. The minimum atomic E-state index is 1.10. The van der Waals surface area contributed by atoms with E-state index in [-0.39, 0.29) is 0 Å². The van der Waals surface area contributed by atoms with Crippen LogP contribution in [0.3, 0.4) is 0 Å². The summed E-state index contributed by atoms with van der Waals surface area (Å²) in [5.74, 6) is 0. The smallest absolute Gasteiger partial charge is 0.0409 e. The first-order valence-electron chi connectivity index (χ1n) is 4.59. The van der Waals surface area contributed by atoms with E-state index in [9.17, 15) is 0 Å². The van der Waals surface area contributed by atoms with Crippen molar-refractivity contribution >= 4 is 0 Å². The third kappa shape index (κ3) is 1.84. The van der Waals surface area contributed by atoms with Crippen molar-refractivity contribution in [3.63, 3.8) is 0 Å². The van der Waals surface area contributed by atoms with E-state index >= 15 is 0 Å². The lowest BCUT2D eigenvalue weighted by molar-refractivity contribution is 0.867. The van der Waals surface area contributed by atoms with E-state index in [2.05, 4.69) is 38.7 Å². The fourth-order valence-electron chi connectivity index (χ4n) is 1.36. The number of aryl methyl sites for hydroxylation is 3. The first-order chi connectivity index (χ1) is 5.65. The highest BCUT2D eigenvalue weighted by molar-refractivity contribution is 5.29. The average molecular weight is 163 g/mol. The summed E-state index contributed by atoms with van der Waals surface area (Å²) in [6, 6.07) is 2.20. The van der Waals surface area contributed by atoms with Crippen molar-refractivity contribution in [1.29, 1.82) is 0 Å². The molecule has 0 unspecified atom stereocenters. The van der Waals surface area contributed by atoms with E-state index in [0.717, 1.165) is 6.42 Å². The maximum absolute atomic E-state index is 4.52. The highest BCUT2D eigenvalue weighted by Crippen LogP contribution is 2.12. The largest absolute Gasteiger partial charge is 0.258 e. The van der Waals surface area contributed by atoms with Gasteiger partial charge in [-0.2, -0.15) is 0 Å². The van der Waals surface area contributed by atoms with Gasteiger partial charge in [-0.25, -0.2) is 0 Å². The monoisotopic (exact) mass is 163 g/mol. The SMILES string of the molecule is CCCc1cc(C)c(C)c(C)n1. The summed E-state index contributed by atoms with van der Waals surface area (Å²) in [5, 5.41) is 0. The molecule has 0 fully saturated rings. The Bertz CT molecular complexity index is 253. The topological polar surface area (TPSA) is 12.9 Å². The molecule has 0 spiro atoms. The molecule has 12 heavy (non-hydrogen) atoms. The predicted octanol–water partition coefficient (Wildman–Crippen LogP) is 2.96. The van der Waals surface area contributed by atoms with Crippen molar-refractivity contribution in [2.45, 2.75) is 40.5 Å². The minimum Gasteiger partial charge on any atom is -0.258 e. The summed E-state index contributed by atoms with van der Waals surface area (Å²) in [6.07, 6.45) is 2.27. The van der Waals surface area contributed by atoms with E-state index in [1.54, 1.807) is 0 Å². The van der Waals surface area contributed by atoms with Gasteiger partial charge in [0.05, 0.1) is 0 Å². The molecule has 1 nitrogen and oxygen atoms in total. The Balaban J connectivity index is 3.04. The van der Waals surface area contributed by atoms with Crippen LogP contribution in [0.4, 0.5) is 0 Å². The second-order valence-corrected chi connectivity index (χ2v) is 3.39. The number of hydrogen-bond acceptors (Lipinski definition) is 1. The highest BCUT2D eigenvalue weighted by atomic mass is 14.7. The van der Waals surface area contributed by atoms with Crippen LogP contribution >= 0.6 is 0 Å². The van der Waals surface area contributed by atoms with Crippen molar-refractivity contribution < 1.29 is 0 Å². The van der Waals surface area contributed by atoms with Crippen LogP contribution in [-0.4, -0.2) is 4.98 Å². The first kappa shape index (κ1) is 9.24. The average Bonchev–Trinajstić information content (AvgIpc) is 2.01. The van der Waals surface area contributed by atoms with Crippen molar-refractivity contribution in [3.05, 3.63) is 28.6 Å². The molecule has 0 aliphatic carbocycles. The molecule has 1 heteroatoms. The molecule has 0 saturated heterocycles. The third-order valence-electron chi connectivity index (χ3n) is 2.33. The van der Waals surface area contributed by atoms with Crippen molar-refractivity contribution in [1.82, 2.24) is 4.98 Å². The number of aromatic nitrogens is 1. The second kappa shape index (κ2) is 3.70. The molecule has 0 N–H and O–H groups in total. The normalized spacial score (nSPS) is 10.3. The molecule has 0 saturated carbocycles. The molecule has 0 aliphatic heterocycles. The van der Waals surface area contributed by atoms with Crippen LogP contribution in [0.15, 0.2) is 6.07 Å². The number of rotatable bonds is 2. The van der Waals surface area contributed by atoms with E-state index in [4.69, 9.17) is 0 Å². The number of nitrogens with zero attached hydrogens (tertiary/aromatic N) is 1. The first-order valence-corrected chi connectivity index (χ1v) is 4.59. The van der Waals surface area contributed by atoms with Gasteiger partial charge in [-0.15, -0.1) is 0 Å². The van der Waals surface area contributed by atoms with Gasteiger partial charge in [0.15, 0.2) is 0 Å². The lowest BCUT2D eigenvalue weighted by Gasteiger charge is -2.06. The Kier molecular flexibility index (Phi) is 2.85. The standard InChI is InChI=1S/C11H17N/c1-5-6-11-7-8(2)9(3)10(4)12-11/h7H,5-6H2,1-4H3. The Morgan fingerprint density at radius 3 is 2.42 bits per heavy atom. The number of pyridine rings is 1. The Labute approximate surface area is 74.8 Å². The molecule has 1 heterocycles. The molecule has 0 atom stereocenters. The zero-order valence-electron chi connectivity index (χ0n) is 8.44. The zero-order chi connectivity index (χ0) is 9.14. The molecular weight excluding hydrogens is 146 g/mol. The van der Waals surface area contributed by atoms with E-state index < -0.39 is 0 Å². The van der Waals surface area contributed by atoms with Crippen LogP contribution in [0.25, 0.3) is 0 Å². The molecular formula is C11H17N. The molecule has 66 valence electrons. The summed E-state index contributed by atoms with van der Waals surface area (Å²) >= 11 is 0. The molecule has 0 aromatic carbocycles. The van der Waals surface area contributed by atoms with Gasteiger partial charge in [0.1, 0.15) is 0 Å². The Morgan fingerprint density at radius 1 is 1.25 bits per heavy atom. The molecule has 0 aliphatic rings. The van der Waals surface area contributed by atoms with Crippen LogP contribution in [-0.2, 0) is 6.42 Å². The molecule has 0 amide bonds. The number of hydrogen-bond donors (Lipinski definition) is 0. The van der Waals surface area contributed by atoms with Gasteiger partial charge in [-0.05, 0) is 44.4 Å². The maximum atomic E-state index is 4.52. The molecule has 0 bridgehead atoms. The van der Waals surface area contributed by atoms with Gasteiger partial charge in [-0.1, -0.05) is 13.3 Å². The van der Waals surface area contributed by atoms with Crippen LogP contribution in [0.1, 0.15) is 35.9 Å². The van der Waals surface area contributed by atoms with Gasteiger partial charge in [0, 0.05) is 11.4 Å². The molecule has 1 rings (SSSR count). The van der Waals surface area contributed by atoms with Gasteiger partial charge >= 0.3 is 0 Å². The van der Waals surface area contributed by atoms with Gasteiger partial charge in [-0.3, -0.25) is 4.98 Å². The van der Waals surface area contributed by atoms with E-state index in [0.29, 0.717) is 0 Å². The van der Waals surface area contributed by atoms with E-state index in [1.807, 2.05) is 0 Å². The van der Waals surface area contributed by atoms with Crippen molar-refractivity contribution in [2.75, 3.05) is 0 Å². The lowest BCUT2D eigenvalue weighted by Crippen LogP contribution is -1.96. The fourth-order valence-corrected chi connectivity index (χ4v) is 1.36. The summed E-state index contributed by atoms with van der Waals surface area (Å²) < 4.78 is 0. The second-order valence-electron chi connectivity index (χ2n) is 3.39. The van der Waals surface area contributed by atoms with Gasteiger partial charge in [0.25, 0.3) is 0 Å². The zero-order valence-corrected chi connectivity index (χ0v) is 8.44. The summed E-state index contributed by atoms with van der Waals surface area (Å²) in [5.41, 5.74) is 5.11. The summed E-state index contributed by atoms with van der Waals surface area (Å²) in [7, 11) is 0. The van der Waals surface area contributed by atoms with Gasteiger partial charge < -0.3 is 0 Å². The fraction of sp³-hybridized carbons (Fsp3) is 0.545. The van der Waals surface area contributed by atoms with Crippen LogP contribution in [0.2, 0.25) is 0 Å². The maximum Gasteiger partial charge on any atom is 0.0409 e. The molecule has 1 aromatic heterocycles. The van der Waals surface area contributed by atoms with Crippen LogP contribution < -0.4 is 0 Å². The minimum absolute atomic E-state index is 1.10. The summed E-state index contributed by atoms with van der Waals surface area (Å²) in [4.78, 5) is 4.52. The van der Waals surface area contributed by atoms with E-state index in [1.165, 1.54) is 28.9 Å². The Morgan fingerprint density at radius 2 is 1.92 bits per heavy atom. The van der Waals surface area contributed by atoms with Crippen LogP contribution in [0, 0.1) is 20.8 Å². The van der Waals surface area contributed by atoms with Crippen LogP contribution in [0.5, 0.6) is 0 Å². The molecule has 0 radical (unpaired) electrons. The van der Waals surface area contributed by atoms with Crippen molar-refractivity contribution in [2.24, 2.45) is 0 Å². The lowest BCUT2D eigenvalue weighted by atomic mass is 10.1. The quantitative estimate of drug-likeness (QED) is 0.653. The molecule has 1 aromatic rings. The highest BCUT2D eigenvalue weighted by Gasteiger charge is 2.00. The third-order valence-corrected chi connectivity index (χ3v) is 2.33. The van der Waals surface area contributed by atoms with Crippen molar-refractivity contribution in [3.8, 4) is 0 Å².